The number of alkyl halides is 6. The summed E-state index contributed by atoms with van der Waals surface area (Å²) in [5, 5.41) is 0. The van der Waals surface area contributed by atoms with Crippen molar-refractivity contribution in [1.82, 2.24) is 0 Å². The van der Waals surface area contributed by atoms with Gasteiger partial charge in [0.15, 0.2) is 0 Å². The molecule has 2 nitrogen and oxygen atoms in total. The highest BCUT2D eigenvalue weighted by Gasteiger charge is 2.32. The SMILES string of the molecule is CCC1CCC(c2ccc(C3=Cc4ccc(OC(F)(F)F)cc4CC3)cc2)CC1.CCCC1CCC(c2ccc(C3=Cc4ccc(OC(F)(F)F)cc4CC3)cc2)CC1. The zero-order chi connectivity index (χ0) is 41.6. The molecule has 4 aromatic carbocycles. The van der Waals surface area contributed by atoms with Crippen molar-refractivity contribution in [2.75, 3.05) is 0 Å². The molecule has 0 unspecified atom stereocenters. The van der Waals surface area contributed by atoms with Crippen LogP contribution in [-0.2, 0) is 12.8 Å². The van der Waals surface area contributed by atoms with E-state index in [1.807, 2.05) is 0 Å². The van der Waals surface area contributed by atoms with Gasteiger partial charge in [0.05, 0.1) is 0 Å². The molecular weight excluding hydrogens is 759 g/mol. The van der Waals surface area contributed by atoms with Crippen LogP contribution < -0.4 is 9.47 Å². The van der Waals surface area contributed by atoms with Gasteiger partial charge in [0.25, 0.3) is 0 Å². The second-order valence-corrected chi connectivity index (χ2v) is 17.0. The molecule has 4 aliphatic carbocycles. The highest BCUT2D eigenvalue weighted by atomic mass is 19.4. The van der Waals surface area contributed by atoms with Crippen molar-refractivity contribution in [3.8, 4) is 11.5 Å². The Morgan fingerprint density at radius 3 is 1.27 bits per heavy atom. The van der Waals surface area contributed by atoms with Crippen LogP contribution in [0.1, 0.15) is 154 Å². The Bertz CT molecular complexity index is 2060. The molecule has 0 aromatic heterocycles. The van der Waals surface area contributed by atoms with E-state index in [1.54, 1.807) is 12.1 Å². The van der Waals surface area contributed by atoms with Crippen LogP contribution in [0.2, 0.25) is 0 Å². The van der Waals surface area contributed by atoms with Gasteiger partial charge in [-0.05, 0) is 181 Å². The van der Waals surface area contributed by atoms with E-state index in [2.05, 4.69) is 84.0 Å². The van der Waals surface area contributed by atoms with E-state index in [1.165, 1.54) is 128 Å². The minimum Gasteiger partial charge on any atom is -0.406 e. The van der Waals surface area contributed by atoms with Crippen LogP contribution in [-0.4, -0.2) is 12.7 Å². The number of hydrogen-bond acceptors (Lipinski definition) is 2. The molecule has 0 N–H and O–H groups in total. The quantitative estimate of drug-likeness (QED) is 0.157. The van der Waals surface area contributed by atoms with E-state index >= 15 is 0 Å². The van der Waals surface area contributed by atoms with Gasteiger partial charge >= 0.3 is 12.7 Å². The molecule has 0 spiro atoms. The van der Waals surface area contributed by atoms with E-state index in [0.717, 1.165) is 59.8 Å². The average molecular weight is 815 g/mol. The monoisotopic (exact) mass is 814 g/mol. The summed E-state index contributed by atoms with van der Waals surface area (Å²) in [6, 6.07) is 27.2. The van der Waals surface area contributed by atoms with Crippen LogP contribution in [0.15, 0.2) is 84.9 Å². The van der Waals surface area contributed by atoms with Crippen molar-refractivity contribution in [3.05, 3.63) is 129 Å². The third kappa shape index (κ3) is 11.6. The summed E-state index contributed by atoms with van der Waals surface area (Å²) in [5.74, 6) is 2.90. The molecule has 0 atom stereocenters. The Hall–Kier alpha value is -4.46. The molecule has 8 heteroatoms. The van der Waals surface area contributed by atoms with E-state index in [-0.39, 0.29) is 11.5 Å². The van der Waals surface area contributed by atoms with Crippen molar-refractivity contribution >= 4 is 23.3 Å². The lowest BCUT2D eigenvalue weighted by atomic mass is 9.77. The predicted octanol–water partition coefficient (Wildman–Crippen LogP) is 15.9. The maximum Gasteiger partial charge on any atom is 0.573 e. The van der Waals surface area contributed by atoms with Gasteiger partial charge in [0.2, 0.25) is 0 Å². The molecule has 0 bridgehead atoms. The molecule has 0 aliphatic heterocycles. The fraction of sp³-hybridized carbons (Fsp3) is 0.451. The van der Waals surface area contributed by atoms with E-state index in [4.69, 9.17) is 0 Å². The Morgan fingerprint density at radius 1 is 0.492 bits per heavy atom. The molecule has 0 radical (unpaired) electrons. The Kier molecular flexibility index (Phi) is 13.6. The first-order valence-electron chi connectivity index (χ1n) is 21.7. The van der Waals surface area contributed by atoms with Crippen LogP contribution in [0.25, 0.3) is 23.3 Å². The molecular formula is C51H56F6O2. The van der Waals surface area contributed by atoms with Crippen molar-refractivity contribution in [3.63, 3.8) is 0 Å². The number of halogens is 6. The summed E-state index contributed by atoms with van der Waals surface area (Å²) < 4.78 is 82.7. The maximum absolute atomic E-state index is 12.4. The molecule has 0 saturated heterocycles. The Balaban J connectivity index is 0.000000179. The Morgan fingerprint density at radius 2 is 0.898 bits per heavy atom. The van der Waals surface area contributed by atoms with Gasteiger partial charge in [-0.2, -0.15) is 0 Å². The third-order valence-electron chi connectivity index (χ3n) is 13.2. The number of aryl methyl sites for hydroxylation is 2. The lowest BCUT2D eigenvalue weighted by molar-refractivity contribution is -0.275. The third-order valence-corrected chi connectivity index (χ3v) is 13.2. The van der Waals surface area contributed by atoms with Gasteiger partial charge in [-0.25, -0.2) is 0 Å². The van der Waals surface area contributed by atoms with Crippen LogP contribution in [0.3, 0.4) is 0 Å². The molecule has 0 heterocycles. The van der Waals surface area contributed by atoms with E-state index < -0.39 is 12.7 Å². The fourth-order valence-electron chi connectivity index (χ4n) is 9.82. The standard InChI is InChI=1S/C26H29F3O.C25H27F3O/c1-2-3-18-4-6-19(7-5-18)20-8-10-21(11-9-20)22-12-13-24-17-25(30-26(27,28)29)15-14-23(24)16-22;1-2-17-3-5-18(6-4-17)19-7-9-20(10-8-19)21-11-12-23-16-24(29-25(26,27)28)14-13-22(23)15-21/h8-11,14-19H,2-7,12-13H2,1H3;7-10,13-18H,2-6,11-12H2,1H3. The zero-order valence-corrected chi connectivity index (χ0v) is 34.2. The lowest BCUT2D eigenvalue weighted by Crippen LogP contribution is -2.17. The largest absolute Gasteiger partial charge is 0.573 e. The zero-order valence-electron chi connectivity index (χ0n) is 34.2. The van der Waals surface area contributed by atoms with Crippen molar-refractivity contribution < 1.29 is 35.8 Å². The van der Waals surface area contributed by atoms with Crippen molar-refractivity contribution in [1.29, 1.82) is 0 Å². The normalized spacial score (nSPS) is 21.8. The molecule has 2 saturated carbocycles. The summed E-state index contributed by atoms with van der Waals surface area (Å²) in [6.07, 6.45) is 12.5. The van der Waals surface area contributed by atoms with Crippen molar-refractivity contribution in [2.24, 2.45) is 11.8 Å². The molecule has 2 fully saturated rings. The van der Waals surface area contributed by atoms with Gasteiger partial charge in [-0.15, -0.1) is 26.3 Å². The van der Waals surface area contributed by atoms with Crippen LogP contribution in [0.5, 0.6) is 11.5 Å². The fourth-order valence-corrected chi connectivity index (χ4v) is 9.82. The number of allylic oxidation sites excluding steroid dienone is 2. The molecule has 4 aliphatic rings. The summed E-state index contributed by atoms with van der Waals surface area (Å²) in [5.41, 5.74) is 11.5. The topological polar surface area (TPSA) is 18.5 Å². The number of ether oxygens (including phenoxy) is 2. The number of rotatable bonds is 9. The van der Waals surface area contributed by atoms with Gasteiger partial charge in [0.1, 0.15) is 11.5 Å². The summed E-state index contributed by atoms with van der Waals surface area (Å²) in [6.45, 7) is 4.57. The first-order valence-corrected chi connectivity index (χ1v) is 21.7. The number of hydrogen-bond donors (Lipinski definition) is 0. The summed E-state index contributed by atoms with van der Waals surface area (Å²) in [7, 11) is 0. The number of fused-ring (bicyclic) bond motifs is 2. The predicted molar refractivity (Wildman–Crippen MR) is 226 cm³/mol. The highest BCUT2D eigenvalue weighted by molar-refractivity contribution is 5.85. The Labute approximate surface area is 345 Å². The van der Waals surface area contributed by atoms with Crippen LogP contribution in [0, 0.1) is 11.8 Å². The minimum absolute atomic E-state index is 0.142. The highest BCUT2D eigenvalue weighted by Crippen LogP contribution is 2.41. The summed E-state index contributed by atoms with van der Waals surface area (Å²) in [4.78, 5) is 0. The summed E-state index contributed by atoms with van der Waals surface area (Å²) >= 11 is 0. The van der Waals surface area contributed by atoms with Crippen LogP contribution in [0.4, 0.5) is 26.3 Å². The number of benzene rings is 4. The van der Waals surface area contributed by atoms with Crippen LogP contribution >= 0.6 is 0 Å². The van der Waals surface area contributed by atoms with Gasteiger partial charge in [-0.1, -0.05) is 106 Å². The van der Waals surface area contributed by atoms with E-state index in [0.29, 0.717) is 11.8 Å². The first kappa shape index (κ1) is 42.7. The van der Waals surface area contributed by atoms with Crippen molar-refractivity contribution in [2.45, 2.75) is 135 Å². The van der Waals surface area contributed by atoms with Gasteiger partial charge < -0.3 is 9.47 Å². The molecule has 59 heavy (non-hydrogen) atoms. The second kappa shape index (κ2) is 18.9. The molecule has 4 aromatic rings. The molecule has 314 valence electrons. The smallest absolute Gasteiger partial charge is 0.406 e. The molecule has 8 rings (SSSR count). The average Bonchev–Trinajstić information content (AvgIpc) is 3.23. The van der Waals surface area contributed by atoms with Gasteiger partial charge in [-0.3, -0.25) is 0 Å². The first-order chi connectivity index (χ1) is 28.3. The minimum atomic E-state index is -4.65. The maximum atomic E-state index is 12.4. The lowest BCUT2D eigenvalue weighted by Gasteiger charge is -2.28. The van der Waals surface area contributed by atoms with Gasteiger partial charge in [0, 0.05) is 0 Å². The molecule has 0 amide bonds. The van der Waals surface area contributed by atoms with E-state index in [9.17, 15) is 26.3 Å². The second-order valence-electron chi connectivity index (χ2n) is 17.0.